The maximum absolute atomic E-state index is 5.98. The van der Waals surface area contributed by atoms with Crippen molar-refractivity contribution in [3.63, 3.8) is 0 Å². The predicted molar refractivity (Wildman–Crippen MR) is 110 cm³/mol. The van der Waals surface area contributed by atoms with E-state index in [4.69, 9.17) is 20.3 Å². The quantitative estimate of drug-likeness (QED) is 0.404. The molecule has 1 aliphatic rings. The van der Waals surface area contributed by atoms with Crippen LogP contribution in [-0.4, -0.2) is 51.2 Å². The molecule has 0 radical (unpaired) electrons. The smallest absolute Gasteiger partial charge is 0.228 e. The number of nitrogens with two attached hydrogens (primary N) is 1. The molecule has 0 aromatic carbocycles. The zero-order valence-electron chi connectivity index (χ0n) is 17.0. The molecular weight excluding hydrogens is 372 g/mol. The minimum atomic E-state index is -0.463. The molecule has 1 unspecified atom stereocenters. The van der Waals surface area contributed by atoms with E-state index in [0.717, 1.165) is 47.8 Å². The van der Waals surface area contributed by atoms with Gasteiger partial charge in [-0.3, -0.25) is 14.8 Å². The Hall–Kier alpha value is -2.53. The lowest BCUT2D eigenvalue weighted by Crippen LogP contribution is -2.44. The van der Waals surface area contributed by atoms with Crippen LogP contribution in [0, 0.1) is 0 Å². The number of ether oxygens (including phenoxy) is 2. The summed E-state index contributed by atoms with van der Waals surface area (Å²) in [5, 5.41) is 10.2. The van der Waals surface area contributed by atoms with Crippen molar-refractivity contribution in [3.8, 4) is 11.3 Å². The first-order valence-corrected chi connectivity index (χ1v) is 9.82. The number of rotatable bonds is 7. The average molecular weight is 400 g/mol. The van der Waals surface area contributed by atoms with Crippen molar-refractivity contribution in [2.24, 2.45) is 7.05 Å². The van der Waals surface area contributed by atoms with Gasteiger partial charge in [-0.15, -0.1) is 0 Å². The minimum absolute atomic E-state index is 0.142. The molecule has 3 aromatic heterocycles. The molecule has 0 amide bonds. The molecule has 1 saturated carbocycles. The Labute approximate surface area is 169 Å². The topological polar surface area (TPSA) is 117 Å². The number of nitrogens with zero attached hydrogens (tertiary/aromatic N) is 5. The highest BCUT2D eigenvalue weighted by Crippen LogP contribution is 2.36. The summed E-state index contributed by atoms with van der Waals surface area (Å²) in [5.41, 5.74) is 14.6. The lowest BCUT2D eigenvalue weighted by molar-refractivity contribution is -0.185. The highest BCUT2D eigenvalue weighted by atomic mass is 16.7. The summed E-state index contributed by atoms with van der Waals surface area (Å²) in [4.78, 5) is 4.28. The third-order valence-electron chi connectivity index (χ3n) is 5.37. The van der Waals surface area contributed by atoms with E-state index >= 15 is 0 Å². The van der Waals surface area contributed by atoms with E-state index in [2.05, 4.69) is 25.6 Å². The van der Waals surface area contributed by atoms with Gasteiger partial charge in [0, 0.05) is 43.6 Å². The van der Waals surface area contributed by atoms with E-state index in [1.54, 1.807) is 25.0 Å². The summed E-state index contributed by atoms with van der Waals surface area (Å²) in [6, 6.07) is 2.19. The van der Waals surface area contributed by atoms with Crippen LogP contribution in [0.1, 0.15) is 31.7 Å². The third-order valence-corrected chi connectivity index (χ3v) is 5.37. The van der Waals surface area contributed by atoms with Gasteiger partial charge >= 0.3 is 0 Å². The number of hydrogen-bond acceptors (Lipinski definition) is 8. The van der Waals surface area contributed by atoms with E-state index in [0.29, 0.717) is 5.82 Å². The molecular formula is C19H28N8O2. The van der Waals surface area contributed by atoms with E-state index in [1.165, 1.54) is 0 Å². The van der Waals surface area contributed by atoms with Crippen molar-refractivity contribution in [3.05, 3.63) is 24.7 Å². The van der Waals surface area contributed by atoms with Crippen LogP contribution in [0.2, 0.25) is 0 Å². The molecule has 3 aromatic rings. The van der Waals surface area contributed by atoms with Crippen LogP contribution in [0.3, 0.4) is 0 Å². The summed E-state index contributed by atoms with van der Waals surface area (Å²) >= 11 is 0. The van der Waals surface area contributed by atoms with Gasteiger partial charge in [-0.25, -0.2) is 10.4 Å². The zero-order valence-corrected chi connectivity index (χ0v) is 17.0. The lowest BCUT2D eigenvalue weighted by atomic mass is 9.93. The molecule has 10 heteroatoms. The van der Waals surface area contributed by atoms with Crippen molar-refractivity contribution in [1.29, 1.82) is 0 Å². The number of hydrogen-bond donors (Lipinski definition) is 3. The summed E-state index contributed by atoms with van der Waals surface area (Å²) in [6.07, 6.45) is 9.06. The number of anilines is 1. The van der Waals surface area contributed by atoms with E-state index in [9.17, 15) is 0 Å². The van der Waals surface area contributed by atoms with Crippen LogP contribution in [0.5, 0.6) is 0 Å². The Morgan fingerprint density at radius 2 is 2.03 bits per heavy atom. The van der Waals surface area contributed by atoms with Gasteiger partial charge in [-0.2, -0.15) is 10.2 Å². The largest absolute Gasteiger partial charge is 0.384 e. The second-order valence-electron chi connectivity index (χ2n) is 7.35. The molecule has 3 heterocycles. The van der Waals surface area contributed by atoms with Crippen molar-refractivity contribution >= 4 is 16.7 Å². The number of fused-ring (bicyclic) bond motifs is 1. The van der Waals surface area contributed by atoms with Crippen LogP contribution in [-0.2, 0) is 16.5 Å². The fourth-order valence-electron chi connectivity index (χ4n) is 3.95. The normalized spacial score (nSPS) is 20.9. The molecule has 0 bridgehead atoms. The molecule has 0 saturated heterocycles. The maximum atomic E-state index is 5.98. The monoisotopic (exact) mass is 400 g/mol. The van der Waals surface area contributed by atoms with Gasteiger partial charge in [0.05, 0.1) is 23.9 Å². The van der Waals surface area contributed by atoms with Gasteiger partial charge in [0.25, 0.3) is 0 Å². The van der Waals surface area contributed by atoms with Crippen LogP contribution < -0.4 is 16.6 Å². The molecule has 10 nitrogen and oxygen atoms in total. The lowest BCUT2D eigenvalue weighted by Gasteiger charge is -2.31. The van der Waals surface area contributed by atoms with Crippen molar-refractivity contribution in [2.75, 3.05) is 19.9 Å². The molecule has 156 valence electrons. The van der Waals surface area contributed by atoms with Gasteiger partial charge in [0.15, 0.2) is 0 Å². The van der Waals surface area contributed by atoms with Crippen molar-refractivity contribution < 1.29 is 9.47 Å². The number of methoxy groups -OCH3 is 1. The Morgan fingerprint density at radius 1 is 1.24 bits per heavy atom. The van der Waals surface area contributed by atoms with Crippen LogP contribution in [0.15, 0.2) is 24.7 Å². The number of aryl methyl sites for hydroxylation is 1. The Balaban J connectivity index is 1.56. The summed E-state index contributed by atoms with van der Waals surface area (Å²) in [7, 11) is 5.31. The van der Waals surface area contributed by atoms with E-state index in [1.807, 2.05) is 25.5 Å². The number of nitrogens with one attached hydrogen (secondary N) is 2. The summed E-state index contributed by atoms with van der Waals surface area (Å²) < 4.78 is 15.1. The highest BCUT2D eigenvalue weighted by molar-refractivity contribution is 5.93. The fourth-order valence-corrected chi connectivity index (χ4v) is 3.95. The van der Waals surface area contributed by atoms with Crippen molar-refractivity contribution in [1.82, 2.24) is 35.4 Å². The van der Waals surface area contributed by atoms with Crippen molar-refractivity contribution in [2.45, 2.75) is 44.2 Å². The standard InChI is InChI=1S/C19H28N8O2/c1-21-24-19(28-3)29-14-6-4-13(5-7-14)27-16-8-17(20)22-10-15(16)18(25-27)12-9-23-26(2)11-12/h8-11,13-14,19,21,24H,4-7H2,1-3H3,(H2,20,22). The van der Waals surface area contributed by atoms with Gasteiger partial charge in [0.2, 0.25) is 6.41 Å². The number of hydrazine groups is 1. The van der Waals surface area contributed by atoms with Gasteiger partial charge in [-0.1, -0.05) is 0 Å². The Morgan fingerprint density at radius 3 is 2.69 bits per heavy atom. The molecule has 1 atom stereocenters. The second kappa shape index (κ2) is 8.46. The first kappa shape index (κ1) is 19.8. The molecule has 0 aliphatic heterocycles. The molecule has 4 N–H and O–H groups in total. The zero-order chi connectivity index (χ0) is 20.4. The summed E-state index contributed by atoms with van der Waals surface area (Å²) in [5.74, 6) is 0.495. The Kier molecular flexibility index (Phi) is 5.76. The molecule has 1 fully saturated rings. The first-order chi connectivity index (χ1) is 14.1. The maximum Gasteiger partial charge on any atom is 0.228 e. The van der Waals surface area contributed by atoms with E-state index in [-0.39, 0.29) is 12.1 Å². The van der Waals surface area contributed by atoms with Crippen LogP contribution >= 0.6 is 0 Å². The second-order valence-corrected chi connectivity index (χ2v) is 7.35. The molecule has 0 spiro atoms. The minimum Gasteiger partial charge on any atom is -0.384 e. The average Bonchev–Trinajstić information content (AvgIpc) is 3.31. The first-order valence-electron chi connectivity index (χ1n) is 9.82. The molecule has 4 rings (SSSR count). The number of nitrogen functional groups attached to an aromatic ring is 1. The van der Waals surface area contributed by atoms with Gasteiger partial charge in [-0.05, 0) is 32.7 Å². The Bertz CT molecular complexity index is 960. The van der Waals surface area contributed by atoms with E-state index < -0.39 is 6.41 Å². The predicted octanol–water partition coefficient (Wildman–Crippen LogP) is 1.57. The van der Waals surface area contributed by atoms with Gasteiger partial charge < -0.3 is 15.2 Å². The SMILES string of the molecule is CNNC(OC)OC1CCC(n2nc(-c3cnn(C)c3)c3cnc(N)cc32)CC1. The number of aromatic nitrogens is 5. The molecule has 1 aliphatic carbocycles. The molecule has 29 heavy (non-hydrogen) atoms. The van der Waals surface area contributed by atoms with Crippen LogP contribution in [0.4, 0.5) is 5.82 Å². The fraction of sp³-hybridized carbons (Fsp3) is 0.526. The van der Waals surface area contributed by atoms with Gasteiger partial charge in [0.1, 0.15) is 11.5 Å². The summed E-state index contributed by atoms with van der Waals surface area (Å²) in [6.45, 7) is 0. The third kappa shape index (κ3) is 4.10. The highest BCUT2D eigenvalue weighted by Gasteiger charge is 2.27. The number of pyridine rings is 1. The van der Waals surface area contributed by atoms with Crippen LogP contribution in [0.25, 0.3) is 22.2 Å².